The number of aliphatic carboxylic acids is 1. The maximum atomic E-state index is 12.4. The van der Waals surface area contributed by atoms with Crippen LogP contribution in [0.4, 0.5) is 0 Å². The third-order valence-corrected chi connectivity index (χ3v) is 3.92. The number of Topliss-reactive ketones (excluding diaryl/α,β-unsaturated/α-hetero) is 1. The molecule has 0 unspecified atom stereocenters. The second-order valence-corrected chi connectivity index (χ2v) is 5.90. The zero-order valence-corrected chi connectivity index (χ0v) is 14.9. The fourth-order valence-electron chi connectivity index (χ4n) is 2.55. The van der Waals surface area contributed by atoms with Crippen molar-refractivity contribution in [1.29, 1.82) is 0 Å². The number of hydrogen-bond donors (Lipinski definition) is 1. The molecule has 0 aliphatic carbocycles. The molecule has 0 amide bonds. The summed E-state index contributed by atoms with van der Waals surface area (Å²) in [7, 11) is 1.54. The van der Waals surface area contributed by atoms with Gasteiger partial charge in [-0.3, -0.25) is 9.59 Å². The second kappa shape index (κ2) is 8.29. The van der Waals surface area contributed by atoms with Gasteiger partial charge in [0.1, 0.15) is 5.75 Å². The van der Waals surface area contributed by atoms with E-state index in [1.807, 2.05) is 0 Å². The van der Waals surface area contributed by atoms with E-state index in [2.05, 4.69) is 0 Å². The topological polar surface area (TPSA) is 89.9 Å². The Hall–Kier alpha value is -3.15. The van der Waals surface area contributed by atoms with Crippen LogP contribution in [0.25, 0.3) is 0 Å². The third-order valence-electron chi connectivity index (χ3n) is 3.92. The Morgan fingerprint density at radius 2 is 1.73 bits per heavy atom. The minimum atomic E-state index is -0.978. The molecule has 0 heterocycles. The predicted octanol–water partition coefficient (Wildman–Crippen LogP) is 2.98. The fraction of sp³-hybridized carbons (Fsp3) is 0.250. The first-order valence-electron chi connectivity index (χ1n) is 7.98. The largest absolute Gasteiger partial charge is 0.496 e. The van der Waals surface area contributed by atoms with Crippen molar-refractivity contribution in [2.75, 3.05) is 13.7 Å². The highest BCUT2D eigenvalue weighted by Gasteiger charge is 2.15. The number of esters is 1. The van der Waals surface area contributed by atoms with E-state index < -0.39 is 18.5 Å². The van der Waals surface area contributed by atoms with Gasteiger partial charge in [0, 0.05) is 5.56 Å². The Labute approximate surface area is 151 Å². The molecule has 0 fully saturated rings. The molecule has 0 spiro atoms. The van der Waals surface area contributed by atoms with Crippen LogP contribution >= 0.6 is 0 Å². The summed E-state index contributed by atoms with van der Waals surface area (Å²) in [4.78, 5) is 35.3. The molecule has 0 saturated heterocycles. The van der Waals surface area contributed by atoms with Crippen LogP contribution in [-0.2, 0) is 16.0 Å². The van der Waals surface area contributed by atoms with Crippen LogP contribution in [0.15, 0.2) is 36.4 Å². The molecular formula is C20H20O6. The van der Waals surface area contributed by atoms with Crippen LogP contribution in [0.1, 0.15) is 37.4 Å². The average Bonchev–Trinajstić information content (AvgIpc) is 2.60. The number of rotatable bonds is 7. The van der Waals surface area contributed by atoms with Gasteiger partial charge in [-0.15, -0.1) is 0 Å². The van der Waals surface area contributed by atoms with Crippen molar-refractivity contribution >= 4 is 17.7 Å². The van der Waals surface area contributed by atoms with E-state index in [0.717, 1.165) is 5.56 Å². The Morgan fingerprint density at radius 3 is 2.35 bits per heavy atom. The minimum absolute atomic E-state index is 0.175. The molecule has 6 nitrogen and oxygen atoms in total. The van der Waals surface area contributed by atoms with Gasteiger partial charge in [-0.1, -0.05) is 12.1 Å². The smallest absolute Gasteiger partial charge is 0.338 e. The van der Waals surface area contributed by atoms with Crippen LogP contribution in [0.2, 0.25) is 0 Å². The zero-order chi connectivity index (χ0) is 19.3. The molecule has 0 bridgehead atoms. The van der Waals surface area contributed by atoms with Crippen molar-refractivity contribution in [2.45, 2.75) is 20.3 Å². The van der Waals surface area contributed by atoms with Gasteiger partial charge in [-0.05, 0) is 54.8 Å². The molecule has 1 N–H and O–H groups in total. The Bertz CT molecular complexity index is 853. The van der Waals surface area contributed by atoms with Gasteiger partial charge in [0.15, 0.2) is 6.61 Å². The van der Waals surface area contributed by atoms with E-state index in [1.165, 1.54) is 6.07 Å². The Kier molecular flexibility index (Phi) is 6.11. The number of aryl methyl sites for hydroxylation is 2. The highest BCUT2D eigenvalue weighted by Crippen LogP contribution is 2.19. The van der Waals surface area contributed by atoms with E-state index in [0.29, 0.717) is 28.0 Å². The molecule has 2 aromatic carbocycles. The van der Waals surface area contributed by atoms with E-state index in [4.69, 9.17) is 14.6 Å². The van der Waals surface area contributed by atoms with Crippen molar-refractivity contribution in [2.24, 2.45) is 0 Å². The van der Waals surface area contributed by atoms with Crippen LogP contribution in [-0.4, -0.2) is 36.5 Å². The van der Waals surface area contributed by atoms with Gasteiger partial charge in [0.25, 0.3) is 0 Å². The van der Waals surface area contributed by atoms with Crippen molar-refractivity contribution in [3.8, 4) is 5.75 Å². The van der Waals surface area contributed by atoms with Crippen LogP contribution in [0.5, 0.6) is 5.75 Å². The highest BCUT2D eigenvalue weighted by atomic mass is 16.5. The van der Waals surface area contributed by atoms with E-state index in [1.54, 1.807) is 51.3 Å². The number of carbonyl (C=O) groups is 3. The Morgan fingerprint density at radius 1 is 1.00 bits per heavy atom. The van der Waals surface area contributed by atoms with Gasteiger partial charge in [-0.25, -0.2) is 4.79 Å². The molecule has 0 aliphatic rings. The molecule has 0 radical (unpaired) electrons. The lowest BCUT2D eigenvalue weighted by atomic mass is 10.0. The maximum absolute atomic E-state index is 12.4. The molecule has 0 aromatic heterocycles. The van der Waals surface area contributed by atoms with Crippen molar-refractivity contribution in [3.63, 3.8) is 0 Å². The normalized spacial score (nSPS) is 10.3. The molecule has 26 heavy (non-hydrogen) atoms. The number of benzene rings is 2. The fourth-order valence-corrected chi connectivity index (χ4v) is 2.55. The molecular weight excluding hydrogens is 336 g/mol. The predicted molar refractivity (Wildman–Crippen MR) is 94.9 cm³/mol. The summed E-state index contributed by atoms with van der Waals surface area (Å²) in [6.07, 6.45) is -0.175. The van der Waals surface area contributed by atoms with Gasteiger partial charge >= 0.3 is 11.9 Å². The van der Waals surface area contributed by atoms with E-state index >= 15 is 0 Å². The molecule has 0 atom stereocenters. The number of hydrogen-bond acceptors (Lipinski definition) is 5. The zero-order valence-electron chi connectivity index (χ0n) is 14.9. The van der Waals surface area contributed by atoms with Gasteiger partial charge in [0.2, 0.25) is 5.78 Å². The van der Waals surface area contributed by atoms with Crippen molar-refractivity contribution in [1.82, 2.24) is 0 Å². The lowest BCUT2D eigenvalue weighted by molar-refractivity contribution is -0.136. The first-order valence-corrected chi connectivity index (χ1v) is 7.98. The average molecular weight is 356 g/mol. The second-order valence-electron chi connectivity index (χ2n) is 5.90. The lowest BCUT2D eigenvalue weighted by Crippen LogP contribution is -2.16. The summed E-state index contributed by atoms with van der Waals surface area (Å²) in [5, 5.41) is 8.86. The van der Waals surface area contributed by atoms with Crippen LogP contribution < -0.4 is 4.74 Å². The van der Waals surface area contributed by atoms with Crippen molar-refractivity contribution in [3.05, 3.63) is 64.2 Å². The third kappa shape index (κ3) is 4.69. The molecule has 6 heteroatoms. The molecule has 2 aromatic rings. The molecule has 136 valence electrons. The van der Waals surface area contributed by atoms with Gasteiger partial charge in [0.05, 0.1) is 19.1 Å². The number of methoxy groups -OCH3 is 1. The molecule has 0 saturated carbocycles. The van der Waals surface area contributed by atoms with Crippen LogP contribution in [0.3, 0.4) is 0 Å². The number of carboxylic acid groups (broad SMARTS) is 1. The molecule has 0 aliphatic heterocycles. The van der Waals surface area contributed by atoms with Gasteiger partial charge < -0.3 is 14.6 Å². The van der Waals surface area contributed by atoms with Crippen LogP contribution in [0, 0.1) is 13.8 Å². The number of ether oxygens (including phenoxy) is 2. The van der Waals surface area contributed by atoms with E-state index in [9.17, 15) is 14.4 Å². The number of carboxylic acids is 1. The first-order chi connectivity index (χ1) is 12.3. The summed E-state index contributed by atoms with van der Waals surface area (Å²) >= 11 is 0. The number of carbonyl (C=O) groups excluding carboxylic acids is 2. The maximum Gasteiger partial charge on any atom is 0.338 e. The lowest BCUT2D eigenvalue weighted by Gasteiger charge is -2.09. The summed E-state index contributed by atoms with van der Waals surface area (Å²) in [6, 6.07) is 9.72. The summed E-state index contributed by atoms with van der Waals surface area (Å²) in [5.41, 5.74) is 2.67. The monoisotopic (exact) mass is 356 g/mol. The Balaban J connectivity index is 2.07. The van der Waals surface area contributed by atoms with Crippen molar-refractivity contribution < 1.29 is 29.0 Å². The standard InChI is InChI=1S/C20H20O6/c1-12-4-5-14(10-19(22)23)9-16(12)17(21)11-26-20(24)15-6-7-18(25-3)13(2)8-15/h4-9H,10-11H2,1-3H3,(H,22,23). The summed E-state index contributed by atoms with van der Waals surface area (Å²) < 4.78 is 10.2. The first kappa shape index (κ1) is 19.2. The summed E-state index contributed by atoms with van der Waals surface area (Å²) in [6.45, 7) is 3.13. The van der Waals surface area contributed by atoms with Gasteiger partial charge in [-0.2, -0.15) is 0 Å². The highest BCUT2D eigenvalue weighted by molar-refractivity contribution is 6.00. The van der Waals surface area contributed by atoms with E-state index in [-0.39, 0.29) is 12.2 Å². The SMILES string of the molecule is COc1ccc(C(=O)OCC(=O)c2cc(CC(=O)O)ccc2C)cc1C. The quantitative estimate of drug-likeness (QED) is 0.606. The number of ketones is 1. The summed E-state index contributed by atoms with van der Waals surface area (Å²) in [5.74, 6) is -1.31. The minimum Gasteiger partial charge on any atom is -0.496 e. The molecule has 2 rings (SSSR count).